The van der Waals surface area contributed by atoms with Gasteiger partial charge in [-0.1, -0.05) is 42.0 Å². The van der Waals surface area contributed by atoms with Gasteiger partial charge >= 0.3 is 0 Å². The third-order valence-electron chi connectivity index (χ3n) is 2.65. The first-order valence-electron chi connectivity index (χ1n) is 6.15. The minimum absolute atomic E-state index is 0.150. The summed E-state index contributed by atoms with van der Waals surface area (Å²) in [5.41, 5.74) is 2.33. The molecular formula is C15H20ClNO. The second-order valence-corrected chi connectivity index (χ2v) is 4.82. The summed E-state index contributed by atoms with van der Waals surface area (Å²) >= 11 is 5.58. The van der Waals surface area contributed by atoms with Crippen LogP contribution >= 0.6 is 11.6 Å². The van der Waals surface area contributed by atoms with Crippen LogP contribution in [0.1, 0.15) is 25.3 Å². The number of hydrogen-bond donors (Lipinski definition) is 0. The van der Waals surface area contributed by atoms with Crippen LogP contribution in [0.15, 0.2) is 35.9 Å². The van der Waals surface area contributed by atoms with Gasteiger partial charge in [-0.3, -0.25) is 4.79 Å². The average molecular weight is 266 g/mol. The number of hydrogen-bond acceptors (Lipinski definition) is 1. The summed E-state index contributed by atoms with van der Waals surface area (Å²) < 4.78 is 0. The molecule has 1 amide bonds. The second-order valence-electron chi connectivity index (χ2n) is 4.44. The van der Waals surface area contributed by atoms with E-state index in [4.69, 9.17) is 11.6 Å². The van der Waals surface area contributed by atoms with Crippen LogP contribution in [0.3, 0.4) is 0 Å². The summed E-state index contributed by atoms with van der Waals surface area (Å²) in [5.74, 6) is 0.690. The van der Waals surface area contributed by atoms with Gasteiger partial charge in [-0.05, 0) is 18.9 Å². The number of alkyl halides is 1. The van der Waals surface area contributed by atoms with Gasteiger partial charge in [-0.2, -0.15) is 0 Å². The molecule has 0 saturated heterocycles. The molecule has 0 unspecified atom stereocenters. The number of amides is 1. The minimum atomic E-state index is 0.150. The van der Waals surface area contributed by atoms with E-state index < -0.39 is 0 Å². The molecule has 0 bridgehead atoms. The molecule has 0 spiro atoms. The van der Waals surface area contributed by atoms with E-state index in [9.17, 15) is 4.79 Å². The first kappa shape index (κ1) is 14.8. The van der Waals surface area contributed by atoms with Crippen molar-refractivity contribution in [3.63, 3.8) is 0 Å². The molecule has 0 heterocycles. The Morgan fingerprint density at radius 2 is 2.00 bits per heavy atom. The molecule has 1 aromatic carbocycles. The summed E-state index contributed by atoms with van der Waals surface area (Å²) in [7, 11) is 1.83. The minimum Gasteiger partial charge on any atom is -0.342 e. The van der Waals surface area contributed by atoms with E-state index in [-0.39, 0.29) is 5.91 Å². The number of carbonyl (C=O) groups is 1. The highest BCUT2D eigenvalue weighted by Crippen LogP contribution is 2.08. The quantitative estimate of drug-likeness (QED) is 0.720. The molecule has 2 nitrogen and oxygen atoms in total. The van der Waals surface area contributed by atoms with Gasteiger partial charge in [0.1, 0.15) is 0 Å². The topological polar surface area (TPSA) is 20.3 Å². The van der Waals surface area contributed by atoms with Crippen molar-refractivity contribution in [2.75, 3.05) is 19.5 Å². The monoisotopic (exact) mass is 265 g/mol. The van der Waals surface area contributed by atoms with Crippen LogP contribution in [-0.4, -0.2) is 30.3 Å². The Balaban J connectivity index is 2.51. The highest BCUT2D eigenvalue weighted by Gasteiger charge is 2.08. The van der Waals surface area contributed by atoms with Gasteiger partial charge in [0.25, 0.3) is 0 Å². The number of benzene rings is 1. The molecule has 0 radical (unpaired) electrons. The standard InChI is InChI=1S/C15H20ClNO/c1-13(11-14-7-4-3-5-8-14)12-17(2)15(18)9-6-10-16/h3-5,7-8,11H,6,9-10,12H2,1-2H3/b13-11+. The number of likely N-dealkylation sites (N-methyl/N-ethyl adjacent to an activating group) is 1. The van der Waals surface area contributed by atoms with Crippen LogP contribution in [-0.2, 0) is 4.79 Å². The van der Waals surface area contributed by atoms with E-state index in [1.807, 2.05) is 32.2 Å². The zero-order valence-corrected chi connectivity index (χ0v) is 11.8. The van der Waals surface area contributed by atoms with E-state index in [0.29, 0.717) is 18.8 Å². The van der Waals surface area contributed by atoms with Crippen LogP contribution in [0, 0.1) is 0 Å². The smallest absolute Gasteiger partial charge is 0.222 e. The van der Waals surface area contributed by atoms with Crippen molar-refractivity contribution >= 4 is 23.6 Å². The van der Waals surface area contributed by atoms with Crippen molar-refractivity contribution in [1.82, 2.24) is 4.90 Å². The van der Waals surface area contributed by atoms with E-state index in [1.165, 1.54) is 5.57 Å². The lowest BCUT2D eigenvalue weighted by molar-refractivity contribution is -0.129. The lowest BCUT2D eigenvalue weighted by Crippen LogP contribution is -2.28. The largest absolute Gasteiger partial charge is 0.342 e. The molecule has 18 heavy (non-hydrogen) atoms. The van der Waals surface area contributed by atoms with Gasteiger partial charge in [-0.15, -0.1) is 11.6 Å². The van der Waals surface area contributed by atoms with Crippen LogP contribution in [0.5, 0.6) is 0 Å². The van der Waals surface area contributed by atoms with Gasteiger partial charge in [-0.25, -0.2) is 0 Å². The van der Waals surface area contributed by atoms with Gasteiger partial charge in [0.05, 0.1) is 0 Å². The van der Waals surface area contributed by atoms with Gasteiger partial charge < -0.3 is 4.90 Å². The molecule has 0 aliphatic rings. The third kappa shape index (κ3) is 5.37. The molecule has 0 aromatic heterocycles. The predicted octanol–water partition coefficient (Wildman–Crippen LogP) is 3.57. The molecule has 0 saturated carbocycles. The van der Waals surface area contributed by atoms with Crippen molar-refractivity contribution in [1.29, 1.82) is 0 Å². The summed E-state index contributed by atoms with van der Waals surface area (Å²) in [6.07, 6.45) is 3.37. The Kier molecular flexibility index (Phi) is 6.51. The Morgan fingerprint density at radius 3 is 2.61 bits per heavy atom. The fourth-order valence-electron chi connectivity index (χ4n) is 1.75. The fraction of sp³-hybridized carbons (Fsp3) is 0.400. The number of carbonyl (C=O) groups excluding carboxylic acids is 1. The van der Waals surface area contributed by atoms with Crippen LogP contribution in [0.2, 0.25) is 0 Å². The van der Waals surface area contributed by atoms with E-state index in [0.717, 1.165) is 12.0 Å². The van der Waals surface area contributed by atoms with E-state index in [1.54, 1.807) is 4.90 Å². The first-order chi connectivity index (χ1) is 8.63. The molecule has 0 aliphatic carbocycles. The lowest BCUT2D eigenvalue weighted by Gasteiger charge is -2.17. The maximum atomic E-state index is 11.7. The molecule has 0 atom stereocenters. The average Bonchev–Trinajstić information content (AvgIpc) is 2.36. The normalized spacial score (nSPS) is 11.4. The molecule has 1 rings (SSSR count). The molecule has 0 N–H and O–H groups in total. The highest BCUT2D eigenvalue weighted by atomic mass is 35.5. The van der Waals surface area contributed by atoms with Crippen LogP contribution < -0.4 is 0 Å². The van der Waals surface area contributed by atoms with E-state index >= 15 is 0 Å². The summed E-state index contributed by atoms with van der Waals surface area (Å²) in [5, 5.41) is 0. The second kappa shape index (κ2) is 7.93. The van der Waals surface area contributed by atoms with Crippen molar-refractivity contribution in [2.24, 2.45) is 0 Å². The molecule has 0 aliphatic heterocycles. The number of halogens is 1. The predicted molar refractivity (Wildman–Crippen MR) is 77.7 cm³/mol. The number of nitrogens with zero attached hydrogens (tertiary/aromatic N) is 1. The summed E-state index contributed by atoms with van der Waals surface area (Å²) in [6, 6.07) is 10.1. The zero-order chi connectivity index (χ0) is 13.4. The molecule has 3 heteroatoms. The summed E-state index contributed by atoms with van der Waals surface area (Å²) in [4.78, 5) is 13.5. The van der Waals surface area contributed by atoms with Crippen LogP contribution in [0.25, 0.3) is 6.08 Å². The Hall–Kier alpha value is -1.28. The molecule has 98 valence electrons. The van der Waals surface area contributed by atoms with Crippen LogP contribution in [0.4, 0.5) is 0 Å². The zero-order valence-electron chi connectivity index (χ0n) is 11.0. The molecule has 0 fully saturated rings. The highest BCUT2D eigenvalue weighted by molar-refractivity contribution is 6.17. The van der Waals surface area contributed by atoms with Gasteiger partial charge in [0.2, 0.25) is 5.91 Å². The van der Waals surface area contributed by atoms with Crippen molar-refractivity contribution < 1.29 is 4.79 Å². The van der Waals surface area contributed by atoms with Gasteiger partial charge in [0, 0.05) is 25.9 Å². The SMILES string of the molecule is C/C(=C\c1ccccc1)CN(C)C(=O)CCCCl. The lowest BCUT2D eigenvalue weighted by atomic mass is 10.1. The van der Waals surface area contributed by atoms with Crippen molar-refractivity contribution in [2.45, 2.75) is 19.8 Å². The molecular weight excluding hydrogens is 246 g/mol. The Labute approximate surface area is 114 Å². The van der Waals surface area contributed by atoms with Gasteiger partial charge in [0.15, 0.2) is 0 Å². The van der Waals surface area contributed by atoms with Crippen molar-refractivity contribution in [3.05, 3.63) is 41.5 Å². The van der Waals surface area contributed by atoms with Crippen molar-refractivity contribution in [3.8, 4) is 0 Å². The Morgan fingerprint density at radius 1 is 1.33 bits per heavy atom. The molecule has 1 aromatic rings. The maximum Gasteiger partial charge on any atom is 0.222 e. The van der Waals surface area contributed by atoms with E-state index in [2.05, 4.69) is 18.2 Å². The summed E-state index contributed by atoms with van der Waals surface area (Å²) in [6.45, 7) is 2.70. The Bertz CT molecular complexity index is 400. The number of rotatable bonds is 6. The third-order valence-corrected chi connectivity index (χ3v) is 2.92. The first-order valence-corrected chi connectivity index (χ1v) is 6.69. The fourth-order valence-corrected chi connectivity index (χ4v) is 1.88. The maximum absolute atomic E-state index is 11.7.